The number of amides is 2. The molecule has 0 spiro atoms. The lowest BCUT2D eigenvalue weighted by atomic mass is 10.1. The van der Waals surface area contributed by atoms with Crippen LogP contribution in [0.15, 0.2) is 42.5 Å². The van der Waals surface area contributed by atoms with Gasteiger partial charge in [0.2, 0.25) is 0 Å². The molecular formula is C16H15ClF2N2O. The molecule has 0 radical (unpaired) electrons. The summed E-state index contributed by atoms with van der Waals surface area (Å²) in [6.45, 7) is 1.84. The smallest absolute Gasteiger partial charge is 0.321 e. The molecule has 0 aliphatic carbocycles. The third kappa shape index (κ3) is 3.74. The van der Waals surface area contributed by atoms with Gasteiger partial charge in [0.25, 0.3) is 0 Å². The fourth-order valence-electron chi connectivity index (χ4n) is 1.94. The molecule has 116 valence electrons. The van der Waals surface area contributed by atoms with Crippen molar-refractivity contribution in [3.05, 3.63) is 64.7 Å². The van der Waals surface area contributed by atoms with Gasteiger partial charge in [-0.3, -0.25) is 0 Å². The van der Waals surface area contributed by atoms with E-state index in [-0.39, 0.29) is 11.7 Å². The summed E-state index contributed by atoms with van der Waals surface area (Å²) in [6.07, 6.45) is 0. The molecule has 2 aromatic rings. The number of hydrogen-bond donors (Lipinski definition) is 1. The number of carbonyl (C=O) groups is 1. The first-order chi connectivity index (χ1) is 10.4. The summed E-state index contributed by atoms with van der Waals surface area (Å²) in [4.78, 5) is 13.6. The molecule has 0 heterocycles. The van der Waals surface area contributed by atoms with Crippen LogP contribution in [-0.4, -0.2) is 18.0 Å². The van der Waals surface area contributed by atoms with Crippen molar-refractivity contribution in [2.45, 2.75) is 13.0 Å². The fraction of sp³-hybridized carbons (Fsp3) is 0.188. The minimum Gasteiger partial charge on any atom is -0.321 e. The summed E-state index contributed by atoms with van der Waals surface area (Å²) in [5.74, 6) is -1.51. The average molecular weight is 325 g/mol. The second-order valence-electron chi connectivity index (χ2n) is 4.89. The Hall–Kier alpha value is -2.14. The van der Waals surface area contributed by atoms with Crippen LogP contribution in [0.2, 0.25) is 5.02 Å². The SMILES string of the molecule is CC(c1ccc(Cl)cc1)N(C)C(=O)Nc1ccc(F)cc1F. The summed E-state index contributed by atoms with van der Waals surface area (Å²) in [7, 11) is 1.59. The van der Waals surface area contributed by atoms with Crippen molar-refractivity contribution in [2.24, 2.45) is 0 Å². The third-order valence-electron chi connectivity index (χ3n) is 3.43. The summed E-state index contributed by atoms with van der Waals surface area (Å²) in [5.41, 5.74) is 0.822. The quantitative estimate of drug-likeness (QED) is 0.860. The maximum absolute atomic E-state index is 13.6. The monoisotopic (exact) mass is 324 g/mol. The predicted molar refractivity (Wildman–Crippen MR) is 83.0 cm³/mol. The van der Waals surface area contributed by atoms with E-state index in [1.807, 2.05) is 19.1 Å². The van der Waals surface area contributed by atoms with E-state index in [0.717, 1.165) is 17.7 Å². The van der Waals surface area contributed by atoms with Gasteiger partial charge >= 0.3 is 6.03 Å². The van der Waals surface area contributed by atoms with Crippen molar-refractivity contribution < 1.29 is 13.6 Å². The number of nitrogens with one attached hydrogen (secondary N) is 1. The molecule has 0 saturated carbocycles. The Morgan fingerprint density at radius 1 is 1.18 bits per heavy atom. The van der Waals surface area contributed by atoms with Gasteiger partial charge in [-0.15, -0.1) is 0 Å². The predicted octanol–water partition coefficient (Wildman–Crippen LogP) is 4.84. The number of rotatable bonds is 3. The van der Waals surface area contributed by atoms with E-state index in [4.69, 9.17) is 11.6 Å². The van der Waals surface area contributed by atoms with Gasteiger partial charge in [-0.05, 0) is 36.8 Å². The molecular weight excluding hydrogens is 310 g/mol. The fourth-order valence-corrected chi connectivity index (χ4v) is 2.06. The molecule has 2 aromatic carbocycles. The number of urea groups is 1. The van der Waals surface area contributed by atoms with E-state index in [9.17, 15) is 13.6 Å². The Morgan fingerprint density at radius 2 is 1.82 bits per heavy atom. The van der Waals surface area contributed by atoms with Crippen molar-refractivity contribution in [2.75, 3.05) is 12.4 Å². The second-order valence-corrected chi connectivity index (χ2v) is 5.33. The van der Waals surface area contributed by atoms with Gasteiger partial charge in [0.1, 0.15) is 11.6 Å². The normalized spacial score (nSPS) is 11.9. The summed E-state index contributed by atoms with van der Waals surface area (Å²) < 4.78 is 26.4. The number of benzene rings is 2. The molecule has 0 fully saturated rings. The molecule has 1 atom stereocenters. The zero-order valence-electron chi connectivity index (χ0n) is 12.1. The van der Waals surface area contributed by atoms with Crippen LogP contribution in [0.25, 0.3) is 0 Å². The van der Waals surface area contributed by atoms with Crippen molar-refractivity contribution in [3.8, 4) is 0 Å². The van der Waals surface area contributed by atoms with E-state index in [0.29, 0.717) is 5.02 Å². The van der Waals surface area contributed by atoms with Crippen LogP contribution in [0.3, 0.4) is 0 Å². The third-order valence-corrected chi connectivity index (χ3v) is 3.68. The highest BCUT2D eigenvalue weighted by atomic mass is 35.5. The Labute approximate surface area is 132 Å². The Bertz CT molecular complexity index is 676. The highest BCUT2D eigenvalue weighted by Gasteiger charge is 2.18. The molecule has 6 heteroatoms. The first kappa shape index (κ1) is 16.2. The van der Waals surface area contributed by atoms with E-state index < -0.39 is 17.7 Å². The Morgan fingerprint density at radius 3 is 2.41 bits per heavy atom. The van der Waals surface area contributed by atoms with Crippen molar-refractivity contribution >= 4 is 23.3 Å². The first-order valence-electron chi connectivity index (χ1n) is 6.63. The van der Waals surface area contributed by atoms with E-state index in [1.165, 1.54) is 11.0 Å². The highest BCUT2D eigenvalue weighted by molar-refractivity contribution is 6.30. The molecule has 2 amide bonds. The average Bonchev–Trinajstić information content (AvgIpc) is 2.49. The highest BCUT2D eigenvalue weighted by Crippen LogP contribution is 2.22. The Balaban J connectivity index is 2.09. The number of hydrogen-bond acceptors (Lipinski definition) is 1. The van der Waals surface area contributed by atoms with Crippen LogP contribution in [0.5, 0.6) is 0 Å². The lowest BCUT2D eigenvalue weighted by Crippen LogP contribution is -2.33. The maximum atomic E-state index is 13.6. The molecule has 0 aliphatic rings. The summed E-state index contributed by atoms with van der Waals surface area (Å²) in [5, 5.41) is 3.03. The van der Waals surface area contributed by atoms with Gasteiger partial charge < -0.3 is 10.2 Å². The number of anilines is 1. The zero-order chi connectivity index (χ0) is 16.3. The van der Waals surface area contributed by atoms with Gasteiger partial charge in [-0.2, -0.15) is 0 Å². The molecule has 0 aliphatic heterocycles. The van der Waals surface area contributed by atoms with Crippen molar-refractivity contribution in [3.63, 3.8) is 0 Å². The molecule has 0 bridgehead atoms. The van der Waals surface area contributed by atoms with Crippen LogP contribution in [-0.2, 0) is 0 Å². The number of halogens is 3. The van der Waals surface area contributed by atoms with E-state index >= 15 is 0 Å². The molecule has 2 rings (SSSR count). The van der Waals surface area contributed by atoms with Gasteiger partial charge in [-0.1, -0.05) is 23.7 Å². The van der Waals surface area contributed by atoms with Crippen LogP contribution in [0, 0.1) is 11.6 Å². The molecule has 3 nitrogen and oxygen atoms in total. The summed E-state index contributed by atoms with van der Waals surface area (Å²) >= 11 is 5.83. The molecule has 0 aromatic heterocycles. The first-order valence-corrected chi connectivity index (χ1v) is 7.00. The topological polar surface area (TPSA) is 32.3 Å². The minimum absolute atomic E-state index is 0.0680. The van der Waals surface area contributed by atoms with E-state index in [2.05, 4.69) is 5.32 Å². The van der Waals surface area contributed by atoms with Crippen molar-refractivity contribution in [1.82, 2.24) is 4.90 Å². The van der Waals surface area contributed by atoms with Crippen LogP contribution >= 0.6 is 11.6 Å². The van der Waals surface area contributed by atoms with E-state index in [1.54, 1.807) is 19.2 Å². The molecule has 22 heavy (non-hydrogen) atoms. The van der Waals surface area contributed by atoms with Crippen LogP contribution < -0.4 is 5.32 Å². The summed E-state index contributed by atoms with van der Waals surface area (Å²) in [6, 6.07) is 9.36. The maximum Gasteiger partial charge on any atom is 0.322 e. The number of nitrogens with zero attached hydrogens (tertiary/aromatic N) is 1. The largest absolute Gasteiger partial charge is 0.322 e. The van der Waals surface area contributed by atoms with Crippen LogP contribution in [0.4, 0.5) is 19.3 Å². The zero-order valence-corrected chi connectivity index (χ0v) is 12.9. The Kier molecular flexibility index (Phi) is 4.98. The lowest BCUT2D eigenvalue weighted by molar-refractivity contribution is 0.208. The molecule has 1 N–H and O–H groups in total. The molecule has 0 saturated heterocycles. The molecule has 1 unspecified atom stereocenters. The van der Waals surface area contributed by atoms with Gasteiger partial charge in [0.15, 0.2) is 0 Å². The van der Waals surface area contributed by atoms with Gasteiger partial charge in [0, 0.05) is 18.1 Å². The van der Waals surface area contributed by atoms with Gasteiger partial charge in [-0.25, -0.2) is 13.6 Å². The lowest BCUT2D eigenvalue weighted by Gasteiger charge is -2.25. The van der Waals surface area contributed by atoms with Crippen molar-refractivity contribution in [1.29, 1.82) is 0 Å². The second kappa shape index (κ2) is 6.75. The van der Waals surface area contributed by atoms with Crippen LogP contribution in [0.1, 0.15) is 18.5 Å². The minimum atomic E-state index is -0.819. The standard InChI is InChI=1S/C16H15ClF2N2O/c1-10(11-3-5-12(17)6-4-11)21(2)16(22)20-15-8-7-13(18)9-14(15)19/h3-10H,1-2H3,(H,20,22). The van der Waals surface area contributed by atoms with Gasteiger partial charge in [0.05, 0.1) is 11.7 Å². The number of carbonyl (C=O) groups excluding carboxylic acids is 1.